The highest BCUT2D eigenvalue weighted by molar-refractivity contribution is 9.10. The molecule has 0 atom stereocenters. The standard InChI is InChI=1S/C18H30BNO4S.C12H18BrNO2S/c1-9-13-10-11-14(19-23-17(5,6)18(7,8)24-19)15(12-13)25(21,22)20-16(2,3)4;1-5-9-6-7-10(13)11(8-9)17(15,16)14-12(2,3)4/h10-12,20H,9H2,1-8H3;6-8,14H,5H2,1-4H3. The molecule has 1 saturated heterocycles. The minimum absolute atomic E-state index is 0.222. The molecule has 0 amide bonds. The summed E-state index contributed by atoms with van der Waals surface area (Å²) in [7, 11) is -7.90. The minimum Gasteiger partial charge on any atom is -0.399 e. The summed E-state index contributed by atoms with van der Waals surface area (Å²) in [6.07, 6.45) is 1.56. The number of aryl methyl sites for hydroxylation is 2. The molecule has 1 fully saturated rings. The van der Waals surface area contributed by atoms with Crippen molar-refractivity contribution in [3.63, 3.8) is 0 Å². The summed E-state index contributed by atoms with van der Waals surface area (Å²) >= 11 is 3.28. The molecule has 8 nitrogen and oxygen atoms in total. The Kier molecular flexibility index (Phi) is 11.4. The van der Waals surface area contributed by atoms with Crippen LogP contribution in [0, 0.1) is 0 Å². The largest absolute Gasteiger partial charge is 0.496 e. The van der Waals surface area contributed by atoms with Crippen molar-refractivity contribution < 1.29 is 26.1 Å². The maximum atomic E-state index is 13.0. The van der Waals surface area contributed by atoms with Gasteiger partial charge in [0.2, 0.25) is 20.0 Å². The van der Waals surface area contributed by atoms with Gasteiger partial charge < -0.3 is 9.31 Å². The van der Waals surface area contributed by atoms with E-state index in [0.29, 0.717) is 14.8 Å². The van der Waals surface area contributed by atoms with E-state index < -0.39 is 49.4 Å². The van der Waals surface area contributed by atoms with Gasteiger partial charge >= 0.3 is 7.12 Å². The van der Waals surface area contributed by atoms with Crippen LogP contribution in [-0.4, -0.2) is 46.2 Å². The topological polar surface area (TPSA) is 111 Å². The lowest BCUT2D eigenvalue weighted by atomic mass is 9.78. The number of hydrogen-bond donors (Lipinski definition) is 2. The Hall–Kier alpha value is -1.28. The Balaban J connectivity index is 0.000000317. The number of hydrogen-bond acceptors (Lipinski definition) is 6. The fourth-order valence-electron chi connectivity index (χ4n) is 4.09. The Morgan fingerprint density at radius 3 is 1.50 bits per heavy atom. The molecule has 3 rings (SSSR count). The lowest BCUT2D eigenvalue weighted by molar-refractivity contribution is 0.00578. The van der Waals surface area contributed by atoms with Crippen LogP contribution in [0.4, 0.5) is 0 Å². The fraction of sp³-hybridized carbons (Fsp3) is 0.600. The maximum absolute atomic E-state index is 13.0. The summed E-state index contributed by atoms with van der Waals surface area (Å²) in [5.41, 5.74) is 0.373. The Morgan fingerprint density at radius 2 is 1.10 bits per heavy atom. The summed E-state index contributed by atoms with van der Waals surface area (Å²) in [4.78, 5) is 0.520. The van der Waals surface area contributed by atoms with Crippen LogP contribution in [0.25, 0.3) is 0 Å². The van der Waals surface area contributed by atoms with E-state index in [1.165, 1.54) is 0 Å². The van der Waals surface area contributed by atoms with Crippen LogP contribution in [0.1, 0.15) is 94.2 Å². The molecular formula is C30H48BBrN2O6S2. The zero-order valence-electron chi connectivity index (χ0n) is 27.1. The second-order valence-electron chi connectivity index (χ2n) is 13.6. The van der Waals surface area contributed by atoms with Crippen LogP contribution < -0.4 is 14.9 Å². The molecule has 0 bridgehead atoms. The number of rotatable bonds is 7. The van der Waals surface area contributed by atoms with E-state index in [-0.39, 0.29) is 4.90 Å². The average molecular weight is 688 g/mol. The molecule has 42 heavy (non-hydrogen) atoms. The second-order valence-corrected chi connectivity index (χ2v) is 17.8. The summed E-state index contributed by atoms with van der Waals surface area (Å²) in [6.45, 7) is 22.7. The van der Waals surface area contributed by atoms with Crippen molar-refractivity contribution in [1.29, 1.82) is 0 Å². The molecule has 0 radical (unpaired) electrons. The predicted molar refractivity (Wildman–Crippen MR) is 175 cm³/mol. The van der Waals surface area contributed by atoms with Crippen LogP contribution >= 0.6 is 15.9 Å². The molecule has 0 aromatic heterocycles. The first kappa shape index (κ1) is 36.9. The quantitative estimate of drug-likeness (QED) is 0.361. The normalized spacial score (nSPS) is 17.1. The number of sulfonamides is 2. The maximum Gasteiger partial charge on any atom is 0.496 e. The third kappa shape index (κ3) is 9.61. The lowest BCUT2D eigenvalue weighted by Gasteiger charge is -2.32. The number of halogens is 1. The van der Waals surface area contributed by atoms with Crippen LogP contribution in [0.3, 0.4) is 0 Å². The van der Waals surface area contributed by atoms with Crippen molar-refractivity contribution >= 4 is 48.6 Å². The minimum atomic E-state index is -3.70. The number of benzene rings is 2. The van der Waals surface area contributed by atoms with Crippen molar-refractivity contribution in [2.75, 3.05) is 0 Å². The van der Waals surface area contributed by atoms with Gasteiger partial charge in [-0.25, -0.2) is 26.3 Å². The van der Waals surface area contributed by atoms with E-state index in [0.717, 1.165) is 24.0 Å². The molecule has 1 aliphatic heterocycles. The van der Waals surface area contributed by atoms with Gasteiger partial charge in [0.15, 0.2) is 0 Å². The SMILES string of the molecule is CCc1ccc(B2OC(C)(C)C(C)(C)O2)c(S(=O)(=O)NC(C)(C)C)c1.CCc1ccc(Br)c(S(=O)(=O)NC(C)(C)C)c1. The zero-order valence-corrected chi connectivity index (χ0v) is 30.3. The van der Waals surface area contributed by atoms with Crippen LogP contribution in [0.15, 0.2) is 50.7 Å². The highest BCUT2D eigenvalue weighted by Gasteiger charge is 2.53. The molecular weight excluding hydrogens is 639 g/mol. The molecule has 0 saturated carbocycles. The van der Waals surface area contributed by atoms with Crippen molar-refractivity contribution in [3.8, 4) is 0 Å². The summed E-state index contributed by atoms with van der Waals surface area (Å²) in [5, 5.41) is 0. The predicted octanol–water partition coefficient (Wildman–Crippen LogP) is 5.71. The lowest BCUT2D eigenvalue weighted by Crippen LogP contribution is -2.45. The Morgan fingerprint density at radius 1 is 0.714 bits per heavy atom. The molecule has 1 aliphatic rings. The highest BCUT2D eigenvalue weighted by atomic mass is 79.9. The van der Waals surface area contributed by atoms with Gasteiger partial charge in [-0.3, -0.25) is 0 Å². The van der Waals surface area contributed by atoms with Gasteiger partial charge in [0.1, 0.15) is 0 Å². The first-order chi connectivity index (χ1) is 18.8. The molecule has 1 heterocycles. The molecule has 2 aromatic carbocycles. The molecule has 2 aromatic rings. The first-order valence-corrected chi connectivity index (χ1v) is 17.9. The highest BCUT2D eigenvalue weighted by Crippen LogP contribution is 2.37. The average Bonchev–Trinajstić information content (AvgIpc) is 3.02. The van der Waals surface area contributed by atoms with Crippen molar-refractivity contribution in [1.82, 2.24) is 9.44 Å². The van der Waals surface area contributed by atoms with E-state index >= 15 is 0 Å². The van der Waals surface area contributed by atoms with Gasteiger partial charge in [0, 0.05) is 21.0 Å². The van der Waals surface area contributed by atoms with E-state index in [1.54, 1.807) is 24.3 Å². The zero-order chi connectivity index (χ0) is 32.5. The van der Waals surface area contributed by atoms with Crippen LogP contribution in [0.5, 0.6) is 0 Å². The number of nitrogens with one attached hydrogen (secondary N) is 2. The van der Waals surface area contributed by atoms with Gasteiger partial charge in [0.25, 0.3) is 0 Å². The fourth-order valence-corrected chi connectivity index (χ4v) is 8.22. The Labute approximate surface area is 263 Å². The molecule has 236 valence electrons. The van der Waals surface area contributed by atoms with Gasteiger partial charge in [0.05, 0.1) is 21.0 Å². The van der Waals surface area contributed by atoms with Crippen molar-refractivity contribution in [3.05, 3.63) is 52.0 Å². The van der Waals surface area contributed by atoms with Gasteiger partial charge in [-0.05, 0) is 127 Å². The molecule has 0 unspecified atom stereocenters. The van der Waals surface area contributed by atoms with Crippen molar-refractivity contribution in [2.24, 2.45) is 0 Å². The van der Waals surface area contributed by atoms with E-state index in [2.05, 4.69) is 25.4 Å². The third-order valence-corrected chi connectivity index (χ3v) is 11.4. The third-order valence-electron chi connectivity index (χ3n) is 6.86. The van der Waals surface area contributed by atoms with Crippen LogP contribution in [0.2, 0.25) is 0 Å². The monoisotopic (exact) mass is 686 g/mol. The summed E-state index contributed by atoms with van der Waals surface area (Å²) in [6, 6.07) is 10.8. The summed E-state index contributed by atoms with van der Waals surface area (Å²) < 4.78 is 68.5. The van der Waals surface area contributed by atoms with Crippen molar-refractivity contribution in [2.45, 2.75) is 128 Å². The molecule has 12 heteroatoms. The van der Waals surface area contributed by atoms with Crippen LogP contribution in [-0.2, 0) is 42.2 Å². The second kappa shape index (κ2) is 13.0. The smallest absolute Gasteiger partial charge is 0.399 e. The molecule has 0 spiro atoms. The molecule has 0 aliphatic carbocycles. The van der Waals surface area contributed by atoms with E-state index in [1.807, 2.05) is 95.2 Å². The Bertz CT molecular complexity index is 1460. The van der Waals surface area contributed by atoms with E-state index in [4.69, 9.17) is 9.31 Å². The van der Waals surface area contributed by atoms with Gasteiger partial charge in [-0.1, -0.05) is 32.0 Å². The molecule has 2 N–H and O–H groups in total. The van der Waals surface area contributed by atoms with E-state index in [9.17, 15) is 16.8 Å². The van der Waals surface area contributed by atoms with Gasteiger partial charge in [-0.2, -0.15) is 0 Å². The first-order valence-electron chi connectivity index (χ1n) is 14.2. The summed E-state index contributed by atoms with van der Waals surface area (Å²) in [5.74, 6) is 0. The van der Waals surface area contributed by atoms with Gasteiger partial charge in [-0.15, -0.1) is 0 Å².